The molecule has 0 N–H and O–H groups in total. The normalized spacial score (nSPS) is 10.1. The van der Waals surface area contributed by atoms with Crippen LogP contribution in [0.4, 0.5) is 0 Å². The lowest BCUT2D eigenvalue weighted by Crippen LogP contribution is -2.07. The number of carbonyl (C=O) groups excluding carboxylic acids is 1. The summed E-state index contributed by atoms with van der Waals surface area (Å²) < 4.78 is 4.83. The Kier molecular flexibility index (Phi) is 4.21. The van der Waals surface area contributed by atoms with Crippen LogP contribution in [0.5, 0.6) is 0 Å². The van der Waals surface area contributed by atoms with Crippen molar-refractivity contribution in [1.29, 1.82) is 0 Å². The number of aromatic nitrogens is 2. The Labute approximate surface area is 89.7 Å². The molecule has 0 saturated heterocycles. The number of aryl methyl sites for hydroxylation is 3. The summed E-state index contributed by atoms with van der Waals surface area (Å²) in [6, 6.07) is 1.91. The second kappa shape index (κ2) is 5.44. The fraction of sp³-hybridized carbons (Fsp3) is 0.545. The highest BCUT2D eigenvalue weighted by Gasteiger charge is 2.05. The fourth-order valence-corrected chi connectivity index (χ4v) is 1.36. The molecule has 1 heterocycles. The first-order chi connectivity index (χ1) is 7.11. The minimum Gasteiger partial charge on any atom is -0.466 e. The summed E-state index contributed by atoms with van der Waals surface area (Å²) in [5.41, 5.74) is 1.86. The lowest BCUT2D eigenvalue weighted by Gasteiger charge is -2.03. The summed E-state index contributed by atoms with van der Waals surface area (Å²) >= 11 is 0. The zero-order valence-electron chi connectivity index (χ0n) is 9.41. The maximum Gasteiger partial charge on any atom is 0.306 e. The van der Waals surface area contributed by atoms with Crippen molar-refractivity contribution in [3.05, 3.63) is 23.3 Å². The Morgan fingerprint density at radius 2 is 1.93 bits per heavy atom. The summed E-state index contributed by atoms with van der Waals surface area (Å²) in [6.07, 6.45) is 0.887. The molecule has 0 saturated carbocycles. The number of ether oxygens (including phenoxy) is 1. The molecule has 0 aliphatic heterocycles. The molecule has 0 radical (unpaired) electrons. The number of hydrogen-bond acceptors (Lipinski definition) is 4. The molecule has 1 aromatic heterocycles. The molecule has 0 aliphatic rings. The van der Waals surface area contributed by atoms with Gasteiger partial charge in [-0.15, -0.1) is 0 Å². The number of esters is 1. The SMILES string of the molecule is CCOC(=O)CCc1nc(C)cc(C)n1. The first-order valence-corrected chi connectivity index (χ1v) is 5.08. The third kappa shape index (κ3) is 4.06. The van der Waals surface area contributed by atoms with Crippen LogP contribution < -0.4 is 0 Å². The number of hydrogen-bond donors (Lipinski definition) is 0. The number of carbonyl (C=O) groups is 1. The fourth-order valence-electron chi connectivity index (χ4n) is 1.36. The molecule has 0 unspecified atom stereocenters. The highest BCUT2D eigenvalue weighted by molar-refractivity contribution is 5.69. The van der Waals surface area contributed by atoms with E-state index in [4.69, 9.17) is 4.74 Å². The van der Waals surface area contributed by atoms with Crippen LogP contribution in [0.2, 0.25) is 0 Å². The van der Waals surface area contributed by atoms with Gasteiger partial charge in [0.1, 0.15) is 5.82 Å². The van der Waals surface area contributed by atoms with E-state index in [9.17, 15) is 4.79 Å². The van der Waals surface area contributed by atoms with Crippen LogP contribution in [0.1, 0.15) is 30.6 Å². The molecule has 0 amide bonds. The standard InChI is InChI=1S/C11H16N2O2/c1-4-15-11(14)6-5-10-12-8(2)7-9(3)13-10/h7H,4-6H2,1-3H3. The van der Waals surface area contributed by atoms with E-state index in [2.05, 4.69) is 9.97 Å². The van der Waals surface area contributed by atoms with Gasteiger partial charge in [0, 0.05) is 17.8 Å². The molecule has 0 spiro atoms. The summed E-state index contributed by atoms with van der Waals surface area (Å²) in [5, 5.41) is 0. The Bertz CT molecular complexity index is 330. The topological polar surface area (TPSA) is 52.1 Å². The Morgan fingerprint density at radius 1 is 1.33 bits per heavy atom. The lowest BCUT2D eigenvalue weighted by atomic mass is 10.2. The van der Waals surface area contributed by atoms with Crippen molar-refractivity contribution in [2.75, 3.05) is 6.61 Å². The van der Waals surface area contributed by atoms with Crippen LogP contribution >= 0.6 is 0 Å². The highest BCUT2D eigenvalue weighted by Crippen LogP contribution is 2.02. The predicted molar refractivity (Wildman–Crippen MR) is 56.5 cm³/mol. The van der Waals surface area contributed by atoms with Gasteiger partial charge in [-0.1, -0.05) is 0 Å². The van der Waals surface area contributed by atoms with Crippen molar-refractivity contribution in [2.24, 2.45) is 0 Å². The third-order valence-corrected chi connectivity index (χ3v) is 1.89. The molecule has 82 valence electrons. The van der Waals surface area contributed by atoms with Crippen LogP contribution in [0, 0.1) is 13.8 Å². The summed E-state index contributed by atoms with van der Waals surface area (Å²) in [5.74, 6) is 0.515. The van der Waals surface area contributed by atoms with Gasteiger partial charge in [0.05, 0.1) is 13.0 Å². The van der Waals surface area contributed by atoms with Crippen molar-refractivity contribution in [2.45, 2.75) is 33.6 Å². The zero-order valence-corrected chi connectivity index (χ0v) is 9.41. The third-order valence-electron chi connectivity index (χ3n) is 1.89. The molecule has 0 bridgehead atoms. The van der Waals surface area contributed by atoms with Gasteiger partial charge in [0.2, 0.25) is 0 Å². The van der Waals surface area contributed by atoms with E-state index in [-0.39, 0.29) is 5.97 Å². The lowest BCUT2D eigenvalue weighted by molar-refractivity contribution is -0.143. The minimum atomic E-state index is -0.194. The van der Waals surface area contributed by atoms with Gasteiger partial charge in [-0.25, -0.2) is 9.97 Å². The van der Waals surface area contributed by atoms with Gasteiger partial charge in [-0.3, -0.25) is 4.79 Å². The van der Waals surface area contributed by atoms with Gasteiger partial charge in [0.25, 0.3) is 0 Å². The molecule has 4 nitrogen and oxygen atoms in total. The van der Waals surface area contributed by atoms with Crippen molar-refractivity contribution in [1.82, 2.24) is 9.97 Å². The van der Waals surface area contributed by atoms with Crippen LogP contribution in [0.15, 0.2) is 6.07 Å². The summed E-state index contributed by atoms with van der Waals surface area (Å²) in [6.45, 7) is 6.06. The molecule has 0 aromatic carbocycles. The highest BCUT2D eigenvalue weighted by atomic mass is 16.5. The molecule has 0 atom stereocenters. The van der Waals surface area contributed by atoms with Crippen LogP contribution in [0.3, 0.4) is 0 Å². The molecule has 0 aliphatic carbocycles. The Hall–Kier alpha value is -1.45. The van der Waals surface area contributed by atoms with Gasteiger partial charge in [0.15, 0.2) is 0 Å². The van der Waals surface area contributed by atoms with Gasteiger partial charge < -0.3 is 4.74 Å². The van der Waals surface area contributed by atoms with Gasteiger partial charge >= 0.3 is 5.97 Å². The quantitative estimate of drug-likeness (QED) is 0.705. The van der Waals surface area contributed by atoms with E-state index in [1.807, 2.05) is 19.9 Å². The summed E-state index contributed by atoms with van der Waals surface area (Å²) in [7, 11) is 0. The van der Waals surface area contributed by atoms with E-state index in [0.717, 1.165) is 11.4 Å². The molecule has 4 heteroatoms. The Morgan fingerprint density at radius 3 is 2.47 bits per heavy atom. The van der Waals surface area contributed by atoms with Crippen LogP contribution in [-0.2, 0) is 16.0 Å². The van der Waals surface area contributed by atoms with Crippen molar-refractivity contribution in [3.8, 4) is 0 Å². The zero-order chi connectivity index (χ0) is 11.3. The minimum absolute atomic E-state index is 0.194. The largest absolute Gasteiger partial charge is 0.466 e. The van der Waals surface area contributed by atoms with Gasteiger partial charge in [-0.05, 0) is 26.8 Å². The monoisotopic (exact) mass is 208 g/mol. The average Bonchev–Trinajstić information content (AvgIpc) is 2.14. The summed E-state index contributed by atoms with van der Waals surface area (Å²) in [4.78, 5) is 19.6. The van der Waals surface area contributed by atoms with Crippen molar-refractivity contribution < 1.29 is 9.53 Å². The van der Waals surface area contributed by atoms with E-state index >= 15 is 0 Å². The second-order valence-corrected chi connectivity index (χ2v) is 3.37. The number of nitrogens with zero attached hydrogens (tertiary/aromatic N) is 2. The van der Waals surface area contributed by atoms with Crippen LogP contribution in [0.25, 0.3) is 0 Å². The van der Waals surface area contributed by atoms with E-state index < -0.39 is 0 Å². The van der Waals surface area contributed by atoms with Crippen LogP contribution in [-0.4, -0.2) is 22.5 Å². The molecule has 1 aromatic rings. The van der Waals surface area contributed by atoms with Gasteiger partial charge in [-0.2, -0.15) is 0 Å². The first-order valence-electron chi connectivity index (χ1n) is 5.08. The smallest absolute Gasteiger partial charge is 0.306 e. The molecular formula is C11H16N2O2. The maximum atomic E-state index is 11.1. The predicted octanol–water partition coefficient (Wildman–Crippen LogP) is 1.59. The first kappa shape index (κ1) is 11.6. The molecular weight excluding hydrogens is 192 g/mol. The van der Waals surface area contributed by atoms with E-state index in [1.165, 1.54) is 0 Å². The average molecular weight is 208 g/mol. The molecule has 15 heavy (non-hydrogen) atoms. The van der Waals surface area contributed by atoms with Crippen molar-refractivity contribution in [3.63, 3.8) is 0 Å². The molecule has 1 rings (SSSR count). The second-order valence-electron chi connectivity index (χ2n) is 3.37. The number of rotatable bonds is 4. The maximum absolute atomic E-state index is 11.1. The Balaban J connectivity index is 2.54. The molecule has 0 fully saturated rings. The van der Waals surface area contributed by atoms with Crippen molar-refractivity contribution >= 4 is 5.97 Å². The van der Waals surface area contributed by atoms with E-state index in [1.54, 1.807) is 6.92 Å². The van der Waals surface area contributed by atoms with E-state index in [0.29, 0.717) is 25.3 Å².